The Kier molecular flexibility index (Phi) is 4.95. The first-order valence-electron chi connectivity index (χ1n) is 2.94. The fraction of sp³-hybridized carbons (Fsp3) is 1.00. The smallest absolute Gasteiger partial charge is 0.0615 e. The number of hydrogen-bond acceptors (Lipinski definition) is 3. The van der Waals surface area contributed by atoms with Crippen molar-refractivity contribution in [2.24, 2.45) is 5.84 Å². The van der Waals surface area contributed by atoms with Gasteiger partial charge in [0.1, 0.15) is 0 Å². The number of nitrogens with zero attached hydrogens (tertiary/aromatic N) is 1. The average Bonchev–Trinajstić information content (AvgIpc) is 1.66. The van der Waals surface area contributed by atoms with Crippen LogP contribution in [-0.4, -0.2) is 25.3 Å². The Balaban J connectivity index is 2.72. The lowest BCUT2D eigenvalue weighted by molar-refractivity contribution is 0.318. The van der Waals surface area contributed by atoms with Crippen LogP contribution >= 0.6 is 0 Å². The zero-order valence-corrected chi connectivity index (χ0v) is 5.65. The molecule has 0 aliphatic rings. The van der Waals surface area contributed by atoms with Crippen molar-refractivity contribution in [1.82, 2.24) is 10.3 Å². The van der Waals surface area contributed by atoms with Crippen LogP contribution in [0.1, 0.15) is 13.3 Å². The summed E-state index contributed by atoms with van der Waals surface area (Å²) in [4.78, 5) is 0. The molecule has 0 atom stereocenters. The van der Waals surface area contributed by atoms with Gasteiger partial charge in [0.25, 0.3) is 0 Å². The van der Waals surface area contributed by atoms with Crippen molar-refractivity contribution in [3.8, 4) is 0 Å². The molecule has 8 heavy (non-hydrogen) atoms. The topological polar surface area (TPSA) is 41.3 Å². The molecule has 0 aromatic carbocycles. The quantitative estimate of drug-likeness (QED) is 0.231. The Morgan fingerprint density at radius 2 is 2.25 bits per heavy atom. The minimum Gasteiger partial charge on any atom is -0.303 e. The van der Waals surface area contributed by atoms with Gasteiger partial charge in [0.15, 0.2) is 0 Å². The summed E-state index contributed by atoms with van der Waals surface area (Å²) in [5, 5.41) is 4.76. The van der Waals surface area contributed by atoms with Gasteiger partial charge < -0.3 is 5.32 Å². The summed E-state index contributed by atoms with van der Waals surface area (Å²) in [5.41, 5.74) is 0. The second-order valence-corrected chi connectivity index (χ2v) is 1.92. The van der Waals surface area contributed by atoms with E-state index < -0.39 is 0 Å². The molecule has 0 aromatic heterocycles. The Bertz CT molecular complexity index is 44.9. The highest BCUT2D eigenvalue weighted by molar-refractivity contribution is 4.38. The van der Waals surface area contributed by atoms with Crippen LogP contribution in [0.3, 0.4) is 0 Å². The highest BCUT2D eigenvalue weighted by Gasteiger charge is 1.84. The SMILES string of the molecule is CCCNCN(C)N. The highest BCUT2D eigenvalue weighted by atomic mass is 15.4. The molecule has 0 aromatic rings. The summed E-state index contributed by atoms with van der Waals surface area (Å²) in [6, 6.07) is 0. The van der Waals surface area contributed by atoms with Crippen molar-refractivity contribution in [3.63, 3.8) is 0 Å². The van der Waals surface area contributed by atoms with E-state index in [0.29, 0.717) is 0 Å². The third-order valence-corrected chi connectivity index (χ3v) is 0.788. The first-order chi connectivity index (χ1) is 3.77. The van der Waals surface area contributed by atoms with Gasteiger partial charge in [-0.25, -0.2) is 5.01 Å². The second-order valence-electron chi connectivity index (χ2n) is 1.92. The molecule has 0 unspecified atom stereocenters. The minimum absolute atomic E-state index is 0.772. The van der Waals surface area contributed by atoms with Crippen molar-refractivity contribution < 1.29 is 0 Å². The molecule has 3 heteroatoms. The Morgan fingerprint density at radius 1 is 1.62 bits per heavy atom. The third kappa shape index (κ3) is 5.88. The minimum atomic E-state index is 0.772. The van der Waals surface area contributed by atoms with Gasteiger partial charge in [-0.1, -0.05) is 6.92 Å². The highest BCUT2D eigenvalue weighted by Crippen LogP contribution is 1.68. The molecule has 0 spiro atoms. The first-order valence-corrected chi connectivity index (χ1v) is 2.94. The molecular weight excluding hydrogens is 102 g/mol. The fourth-order valence-corrected chi connectivity index (χ4v) is 0.432. The summed E-state index contributed by atoms with van der Waals surface area (Å²) in [6.45, 7) is 3.94. The number of rotatable bonds is 4. The van der Waals surface area contributed by atoms with Crippen molar-refractivity contribution in [2.45, 2.75) is 13.3 Å². The molecule has 0 aliphatic carbocycles. The van der Waals surface area contributed by atoms with Crippen LogP contribution in [0.2, 0.25) is 0 Å². The Hall–Kier alpha value is -0.120. The monoisotopic (exact) mass is 117 g/mol. The summed E-state index contributed by atoms with van der Waals surface area (Å²) in [5.74, 6) is 5.30. The molecule has 0 amide bonds. The zero-order valence-electron chi connectivity index (χ0n) is 5.65. The Morgan fingerprint density at radius 3 is 2.62 bits per heavy atom. The normalized spacial score (nSPS) is 10.5. The molecule has 0 rings (SSSR count). The molecule has 0 saturated carbocycles. The average molecular weight is 117 g/mol. The van der Waals surface area contributed by atoms with Crippen LogP contribution in [0.15, 0.2) is 0 Å². The fourth-order valence-electron chi connectivity index (χ4n) is 0.432. The molecule has 0 heterocycles. The van der Waals surface area contributed by atoms with Crippen molar-refractivity contribution >= 4 is 0 Å². The predicted octanol–water partition coefficient (Wildman–Crippen LogP) is -0.251. The Labute approximate surface area is 50.8 Å². The maximum Gasteiger partial charge on any atom is 0.0615 e. The van der Waals surface area contributed by atoms with Crippen molar-refractivity contribution in [3.05, 3.63) is 0 Å². The number of nitrogens with two attached hydrogens (primary N) is 1. The van der Waals surface area contributed by atoms with Gasteiger partial charge in [0.05, 0.1) is 6.67 Å². The largest absolute Gasteiger partial charge is 0.303 e. The van der Waals surface area contributed by atoms with E-state index in [-0.39, 0.29) is 0 Å². The molecule has 3 N–H and O–H groups in total. The molecule has 0 fully saturated rings. The molecule has 50 valence electrons. The van der Waals surface area contributed by atoms with Crippen LogP contribution in [0.4, 0.5) is 0 Å². The lowest BCUT2D eigenvalue weighted by Crippen LogP contribution is -2.36. The van der Waals surface area contributed by atoms with Gasteiger partial charge in [-0.05, 0) is 13.0 Å². The maximum absolute atomic E-state index is 5.30. The third-order valence-electron chi connectivity index (χ3n) is 0.788. The summed E-state index contributed by atoms with van der Waals surface area (Å²) < 4.78 is 0. The predicted molar refractivity (Wildman–Crippen MR) is 35.1 cm³/mol. The van der Waals surface area contributed by atoms with E-state index in [1.807, 2.05) is 7.05 Å². The first kappa shape index (κ1) is 7.88. The van der Waals surface area contributed by atoms with Crippen LogP contribution in [0, 0.1) is 0 Å². The van der Waals surface area contributed by atoms with Gasteiger partial charge in [0.2, 0.25) is 0 Å². The van der Waals surface area contributed by atoms with E-state index in [0.717, 1.165) is 19.6 Å². The van der Waals surface area contributed by atoms with E-state index in [2.05, 4.69) is 12.2 Å². The van der Waals surface area contributed by atoms with Gasteiger partial charge in [-0.2, -0.15) is 0 Å². The van der Waals surface area contributed by atoms with Crippen molar-refractivity contribution in [2.75, 3.05) is 20.3 Å². The number of hydrogen-bond donors (Lipinski definition) is 2. The van der Waals surface area contributed by atoms with Crippen LogP contribution in [-0.2, 0) is 0 Å². The van der Waals surface area contributed by atoms with E-state index >= 15 is 0 Å². The van der Waals surface area contributed by atoms with Gasteiger partial charge in [0, 0.05) is 7.05 Å². The van der Waals surface area contributed by atoms with E-state index in [4.69, 9.17) is 5.84 Å². The molecule has 0 aliphatic heterocycles. The van der Waals surface area contributed by atoms with Crippen molar-refractivity contribution in [1.29, 1.82) is 0 Å². The molecular formula is C5H15N3. The van der Waals surface area contributed by atoms with Crippen LogP contribution in [0.25, 0.3) is 0 Å². The standard InChI is InChI=1S/C5H15N3/c1-3-4-7-5-8(2)6/h7H,3-6H2,1-2H3. The van der Waals surface area contributed by atoms with E-state index in [1.165, 1.54) is 0 Å². The van der Waals surface area contributed by atoms with Gasteiger partial charge >= 0.3 is 0 Å². The maximum atomic E-state index is 5.30. The molecule has 3 nitrogen and oxygen atoms in total. The number of nitrogens with one attached hydrogen (secondary N) is 1. The van der Waals surface area contributed by atoms with E-state index in [9.17, 15) is 0 Å². The number of hydrazine groups is 1. The van der Waals surface area contributed by atoms with Gasteiger partial charge in [-0.3, -0.25) is 5.84 Å². The lowest BCUT2D eigenvalue weighted by atomic mass is 10.5. The molecule has 0 saturated heterocycles. The van der Waals surface area contributed by atoms with Crippen LogP contribution < -0.4 is 11.2 Å². The zero-order chi connectivity index (χ0) is 6.41. The summed E-state index contributed by atoms with van der Waals surface area (Å²) in [7, 11) is 1.84. The van der Waals surface area contributed by atoms with Crippen LogP contribution in [0.5, 0.6) is 0 Å². The lowest BCUT2D eigenvalue weighted by Gasteiger charge is -2.08. The molecule has 0 bridgehead atoms. The van der Waals surface area contributed by atoms with Gasteiger partial charge in [-0.15, -0.1) is 0 Å². The molecule has 0 radical (unpaired) electrons. The second kappa shape index (κ2) is 5.03. The summed E-state index contributed by atoms with van der Waals surface area (Å²) >= 11 is 0. The summed E-state index contributed by atoms with van der Waals surface area (Å²) in [6.07, 6.45) is 1.16. The van der Waals surface area contributed by atoms with E-state index in [1.54, 1.807) is 5.01 Å².